The zero-order valence-electron chi connectivity index (χ0n) is 5.62. The van der Waals surface area contributed by atoms with Crippen molar-refractivity contribution in [3.05, 3.63) is 18.2 Å². The predicted octanol–water partition coefficient (Wildman–Crippen LogP) is 0.252. The number of nitrogens with one attached hydrogen (secondary N) is 1. The molecule has 0 saturated heterocycles. The molecule has 0 amide bonds. The second-order valence-corrected chi connectivity index (χ2v) is 3.56. The van der Waals surface area contributed by atoms with E-state index in [1.54, 1.807) is 0 Å². The van der Waals surface area contributed by atoms with Crippen molar-refractivity contribution >= 4 is 10.2 Å². The first kappa shape index (κ1) is 8.19. The van der Waals surface area contributed by atoms with E-state index in [0.29, 0.717) is 5.69 Å². The summed E-state index contributed by atoms with van der Waals surface area (Å²) >= 11 is 0. The van der Waals surface area contributed by atoms with E-state index in [1.807, 2.05) is 0 Å². The topological polar surface area (TPSA) is 62.8 Å². The van der Waals surface area contributed by atoms with Crippen LogP contribution in [0.25, 0.3) is 0 Å². The van der Waals surface area contributed by atoms with Crippen molar-refractivity contribution in [3.63, 3.8) is 0 Å². The predicted molar refractivity (Wildman–Crippen MR) is 37.2 cm³/mol. The van der Waals surface area contributed by atoms with E-state index in [9.17, 15) is 12.3 Å². The highest BCUT2D eigenvalue weighted by molar-refractivity contribution is 7.86. The number of hydrogen-bond acceptors (Lipinski definition) is 3. The van der Waals surface area contributed by atoms with E-state index in [0.717, 1.165) is 0 Å². The third-order valence-electron chi connectivity index (χ3n) is 1.17. The third kappa shape index (κ3) is 3.13. The summed E-state index contributed by atoms with van der Waals surface area (Å²) in [6.45, 7) is 0. The van der Waals surface area contributed by atoms with Gasteiger partial charge in [-0.1, -0.05) is 0 Å². The van der Waals surface area contributed by atoms with Gasteiger partial charge in [0.1, 0.15) is 0 Å². The van der Waals surface area contributed by atoms with Crippen molar-refractivity contribution in [3.8, 4) is 0 Å². The van der Waals surface area contributed by atoms with Crippen LogP contribution in [-0.2, 0) is 16.6 Å². The van der Waals surface area contributed by atoms with Gasteiger partial charge >= 0.3 is 10.2 Å². The highest BCUT2D eigenvalue weighted by atomic mass is 32.3. The third-order valence-corrected chi connectivity index (χ3v) is 1.86. The van der Waals surface area contributed by atoms with Gasteiger partial charge in [0.2, 0.25) is 0 Å². The molecule has 1 aromatic heterocycles. The van der Waals surface area contributed by atoms with Crippen molar-refractivity contribution < 1.29 is 12.3 Å². The molecule has 0 radical (unpaired) electrons. The largest absolute Gasteiger partial charge is 0.348 e. The van der Waals surface area contributed by atoms with Crippen molar-refractivity contribution in [1.82, 2.24) is 9.97 Å². The van der Waals surface area contributed by atoms with Crippen molar-refractivity contribution in [2.75, 3.05) is 5.75 Å². The Bertz CT molecular complexity index is 305. The Morgan fingerprint density at radius 1 is 1.64 bits per heavy atom. The van der Waals surface area contributed by atoms with E-state index in [-0.39, 0.29) is 6.42 Å². The molecule has 0 atom stereocenters. The molecule has 1 aromatic rings. The number of nitrogens with zero attached hydrogens (tertiary/aromatic N) is 1. The number of H-pyrrole nitrogens is 1. The number of aryl methyl sites for hydroxylation is 1. The summed E-state index contributed by atoms with van der Waals surface area (Å²) in [5.74, 6) is -0.491. The summed E-state index contributed by atoms with van der Waals surface area (Å²) in [5, 5.41) is 0. The molecule has 0 aliphatic rings. The number of aromatic amines is 1. The Hall–Kier alpha value is -0.910. The molecule has 0 aromatic carbocycles. The molecular weight excluding hydrogens is 171 g/mol. The number of hydrogen-bond donors (Lipinski definition) is 1. The lowest BCUT2D eigenvalue weighted by molar-refractivity contribution is 0.551. The number of imidazole rings is 1. The first-order valence-electron chi connectivity index (χ1n) is 2.97. The maximum Gasteiger partial charge on any atom is 0.302 e. The molecule has 62 valence electrons. The fourth-order valence-electron chi connectivity index (χ4n) is 0.653. The SMILES string of the molecule is O=S(=O)(F)CCc1cnc[nH]1. The number of aromatic nitrogens is 2. The molecule has 4 nitrogen and oxygen atoms in total. The van der Waals surface area contributed by atoms with E-state index < -0.39 is 16.0 Å². The average Bonchev–Trinajstić information content (AvgIpc) is 2.32. The minimum Gasteiger partial charge on any atom is -0.348 e. The van der Waals surface area contributed by atoms with E-state index >= 15 is 0 Å². The minimum absolute atomic E-state index is 0.138. The van der Waals surface area contributed by atoms with Gasteiger partial charge in [-0.3, -0.25) is 0 Å². The summed E-state index contributed by atoms with van der Waals surface area (Å²) in [6.07, 6.45) is 3.02. The van der Waals surface area contributed by atoms with Gasteiger partial charge < -0.3 is 4.98 Å². The maximum absolute atomic E-state index is 11.9. The second-order valence-electron chi connectivity index (χ2n) is 2.07. The van der Waals surface area contributed by atoms with Crippen LogP contribution in [0.3, 0.4) is 0 Å². The van der Waals surface area contributed by atoms with Crippen LogP contribution < -0.4 is 0 Å². The monoisotopic (exact) mass is 178 g/mol. The first-order chi connectivity index (χ1) is 5.08. The van der Waals surface area contributed by atoms with Crippen LogP contribution >= 0.6 is 0 Å². The summed E-state index contributed by atoms with van der Waals surface area (Å²) in [7, 11) is -4.35. The molecular formula is C5H7FN2O2S. The summed E-state index contributed by atoms with van der Waals surface area (Å²) in [6, 6.07) is 0. The van der Waals surface area contributed by atoms with E-state index in [1.165, 1.54) is 12.5 Å². The van der Waals surface area contributed by atoms with Crippen LogP contribution in [0.1, 0.15) is 5.69 Å². The Labute approximate surface area is 63.7 Å². The van der Waals surface area contributed by atoms with Crippen LogP contribution in [0.15, 0.2) is 12.5 Å². The van der Waals surface area contributed by atoms with Crippen molar-refractivity contribution in [2.45, 2.75) is 6.42 Å². The lowest BCUT2D eigenvalue weighted by Crippen LogP contribution is -2.01. The summed E-state index contributed by atoms with van der Waals surface area (Å²) < 4.78 is 32.0. The smallest absolute Gasteiger partial charge is 0.302 e. The number of halogens is 1. The first-order valence-corrected chi connectivity index (χ1v) is 4.53. The second kappa shape index (κ2) is 3.00. The molecule has 0 aliphatic heterocycles. The molecule has 1 heterocycles. The molecule has 0 unspecified atom stereocenters. The molecule has 11 heavy (non-hydrogen) atoms. The molecule has 1 N–H and O–H groups in total. The normalized spacial score (nSPS) is 11.7. The van der Waals surface area contributed by atoms with Gasteiger partial charge in [0.15, 0.2) is 0 Å². The molecule has 0 bridgehead atoms. The highest BCUT2D eigenvalue weighted by Crippen LogP contribution is 1.98. The Kier molecular flexibility index (Phi) is 2.23. The standard InChI is InChI=1S/C5H7FN2O2S/c6-11(9,10)2-1-5-3-7-4-8-5/h3-4H,1-2H2,(H,7,8). The quantitative estimate of drug-likeness (QED) is 0.675. The van der Waals surface area contributed by atoms with Crippen molar-refractivity contribution in [1.29, 1.82) is 0 Å². The van der Waals surface area contributed by atoms with Gasteiger partial charge in [-0.05, 0) is 0 Å². The Morgan fingerprint density at radius 3 is 2.82 bits per heavy atom. The maximum atomic E-state index is 11.9. The lowest BCUT2D eigenvalue weighted by atomic mass is 10.4. The Morgan fingerprint density at radius 2 is 2.36 bits per heavy atom. The van der Waals surface area contributed by atoms with Crippen LogP contribution in [0.4, 0.5) is 3.89 Å². The highest BCUT2D eigenvalue weighted by Gasteiger charge is 2.07. The molecule has 0 fully saturated rings. The summed E-state index contributed by atoms with van der Waals surface area (Å²) in [5.41, 5.74) is 0.617. The molecule has 0 spiro atoms. The van der Waals surface area contributed by atoms with Gasteiger partial charge in [0.25, 0.3) is 0 Å². The van der Waals surface area contributed by atoms with E-state index in [2.05, 4.69) is 9.97 Å². The van der Waals surface area contributed by atoms with Gasteiger partial charge in [-0.25, -0.2) is 4.98 Å². The zero-order valence-corrected chi connectivity index (χ0v) is 6.44. The van der Waals surface area contributed by atoms with Gasteiger partial charge in [-0.2, -0.15) is 8.42 Å². The molecule has 1 rings (SSSR count). The molecule has 0 saturated carbocycles. The fraction of sp³-hybridized carbons (Fsp3) is 0.400. The fourth-order valence-corrected chi connectivity index (χ4v) is 1.12. The average molecular weight is 178 g/mol. The summed E-state index contributed by atoms with van der Waals surface area (Å²) in [4.78, 5) is 6.32. The Balaban J connectivity index is 2.48. The van der Waals surface area contributed by atoms with Crippen LogP contribution in [0.5, 0.6) is 0 Å². The van der Waals surface area contributed by atoms with Crippen LogP contribution in [0.2, 0.25) is 0 Å². The van der Waals surface area contributed by atoms with Gasteiger partial charge in [0, 0.05) is 18.3 Å². The molecule has 0 aliphatic carbocycles. The van der Waals surface area contributed by atoms with Crippen LogP contribution in [0, 0.1) is 0 Å². The van der Waals surface area contributed by atoms with Gasteiger partial charge in [-0.15, -0.1) is 3.89 Å². The van der Waals surface area contributed by atoms with E-state index in [4.69, 9.17) is 0 Å². The minimum atomic E-state index is -4.35. The lowest BCUT2D eigenvalue weighted by Gasteiger charge is -1.90. The number of rotatable bonds is 3. The van der Waals surface area contributed by atoms with Crippen molar-refractivity contribution in [2.24, 2.45) is 0 Å². The van der Waals surface area contributed by atoms with Crippen LogP contribution in [-0.4, -0.2) is 24.1 Å². The zero-order chi connectivity index (χ0) is 8.32. The van der Waals surface area contributed by atoms with Gasteiger partial charge in [0.05, 0.1) is 12.1 Å². The molecule has 6 heteroatoms.